The second-order valence-electron chi connectivity index (χ2n) is 7.43. The molecule has 12 heteroatoms. The number of aromatic nitrogens is 2. The summed E-state index contributed by atoms with van der Waals surface area (Å²) in [5.41, 5.74) is -0.0494. The molecule has 1 aromatic heterocycles. The van der Waals surface area contributed by atoms with Crippen molar-refractivity contribution in [1.82, 2.24) is 15.1 Å². The highest BCUT2D eigenvalue weighted by Crippen LogP contribution is 2.29. The second kappa shape index (κ2) is 9.82. The number of anilines is 1. The molecule has 1 amide bonds. The van der Waals surface area contributed by atoms with E-state index in [1.165, 1.54) is 42.4 Å². The molecule has 4 rings (SSSR count). The number of benzene rings is 2. The predicted octanol–water partition coefficient (Wildman–Crippen LogP) is 5.22. The zero-order valence-electron chi connectivity index (χ0n) is 18.0. The number of nitrogens with zero attached hydrogens (tertiary/aromatic N) is 3. The minimum atomic E-state index is -3.01. The fraction of sp³-hybridized carbons (Fsp3) is 0.174. The smallest absolute Gasteiger partial charge is 0.282 e. The van der Waals surface area contributed by atoms with Crippen LogP contribution in [0.3, 0.4) is 0 Å². The van der Waals surface area contributed by atoms with E-state index >= 15 is 0 Å². The van der Waals surface area contributed by atoms with Crippen molar-refractivity contribution in [2.24, 2.45) is 0 Å². The van der Waals surface area contributed by atoms with E-state index in [0.717, 1.165) is 4.68 Å². The molecular formula is C23H17F5N4O2S. The van der Waals surface area contributed by atoms with Crippen molar-refractivity contribution in [3.8, 4) is 5.75 Å². The third-order valence-electron chi connectivity index (χ3n) is 5.18. The average Bonchev–Trinajstić information content (AvgIpc) is 3.36. The third kappa shape index (κ3) is 5.02. The molecule has 0 atom stereocenters. The van der Waals surface area contributed by atoms with Gasteiger partial charge in [0.1, 0.15) is 28.7 Å². The number of alkyl halides is 4. The zero-order chi connectivity index (χ0) is 25.3. The molecule has 0 spiro atoms. The van der Waals surface area contributed by atoms with Crippen LogP contribution in [0.25, 0.3) is 6.08 Å². The average molecular weight is 508 g/mol. The highest BCUT2D eigenvalue weighted by atomic mass is 32.1. The van der Waals surface area contributed by atoms with Crippen LogP contribution in [0.5, 0.6) is 5.75 Å². The number of hydrogen-bond donors (Lipinski definition) is 1. The Labute approximate surface area is 201 Å². The van der Waals surface area contributed by atoms with Gasteiger partial charge < -0.3 is 10.1 Å². The summed E-state index contributed by atoms with van der Waals surface area (Å²) in [5.74, 6) is -0.628. The highest BCUT2D eigenvalue weighted by molar-refractivity contribution is 7.80. The molecule has 1 aliphatic heterocycles. The molecule has 182 valence electrons. The Hall–Kier alpha value is -3.80. The van der Waals surface area contributed by atoms with Crippen molar-refractivity contribution >= 4 is 35.0 Å². The number of thiocarbonyl (C=S) groups is 1. The van der Waals surface area contributed by atoms with Gasteiger partial charge in [-0.3, -0.25) is 14.4 Å². The number of amides is 1. The lowest BCUT2D eigenvalue weighted by atomic mass is 10.1. The first kappa shape index (κ1) is 24.3. The first-order valence-electron chi connectivity index (χ1n) is 10.1. The van der Waals surface area contributed by atoms with E-state index < -0.39 is 36.0 Å². The summed E-state index contributed by atoms with van der Waals surface area (Å²) < 4.78 is 72.1. The van der Waals surface area contributed by atoms with Gasteiger partial charge in [0.2, 0.25) is 0 Å². The molecule has 0 saturated carbocycles. The number of carbonyl (C=O) groups excluding carboxylic acids is 1. The van der Waals surface area contributed by atoms with Crippen molar-refractivity contribution in [2.45, 2.75) is 19.4 Å². The lowest BCUT2D eigenvalue weighted by molar-refractivity contribution is -0.113. The molecule has 6 nitrogen and oxygen atoms in total. The lowest BCUT2D eigenvalue weighted by Gasteiger charge is -2.13. The van der Waals surface area contributed by atoms with Crippen molar-refractivity contribution in [1.29, 1.82) is 0 Å². The maximum atomic E-state index is 13.4. The summed E-state index contributed by atoms with van der Waals surface area (Å²) in [7, 11) is 1.37. The normalized spacial score (nSPS) is 15.0. The molecule has 1 aliphatic rings. The molecule has 0 bridgehead atoms. The maximum Gasteiger partial charge on any atom is 0.282 e. The predicted molar refractivity (Wildman–Crippen MR) is 122 cm³/mol. The molecule has 1 fully saturated rings. The quantitative estimate of drug-likeness (QED) is 0.270. The van der Waals surface area contributed by atoms with Crippen LogP contribution in [0.15, 0.2) is 54.2 Å². The Balaban J connectivity index is 1.65. The molecule has 35 heavy (non-hydrogen) atoms. The number of halogens is 5. The van der Waals surface area contributed by atoms with Crippen LogP contribution in [-0.4, -0.2) is 27.9 Å². The van der Waals surface area contributed by atoms with E-state index in [1.807, 2.05) is 0 Å². The van der Waals surface area contributed by atoms with Crippen LogP contribution in [0.4, 0.5) is 27.6 Å². The molecule has 0 radical (unpaired) electrons. The van der Waals surface area contributed by atoms with Gasteiger partial charge in [-0.2, -0.15) is 5.10 Å². The van der Waals surface area contributed by atoms with E-state index in [2.05, 4.69) is 10.4 Å². The monoisotopic (exact) mass is 508 g/mol. The Morgan fingerprint density at radius 1 is 1.09 bits per heavy atom. The topological polar surface area (TPSA) is 59.4 Å². The van der Waals surface area contributed by atoms with Crippen LogP contribution < -0.4 is 15.0 Å². The number of nitrogens with one attached hydrogen (secondary N) is 1. The Morgan fingerprint density at radius 3 is 2.43 bits per heavy atom. The summed E-state index contributed by atoms with van der Waals surface area (Å²) >= 11 is 5.24. The Kier molecular flexibility index (Phi) is 6.83. The van der Waals surface area contributed by atoms with Crippen molar-refractivity contribution in [3.05, 3.63) is 82.6 Å². The lowest BCUT2D eigenvalue weighted by Crippen LogP contribution is -2.30. The number of methoxy groups -OCH3 is 1. The molecule has 2 heterocycles. The van der Waals surface area contributed by atoms with Crippen LogP contribution in [-0.2, 0) is 11.3 Å². The third-order valence-corrected chi connectivity index (χ3v) is 5.46. The molecule has 2 aromatic carbocycles. The number of rotatable bonds is 7. The minimum absolute atomic E-state index is 0.0965. The van der Waals surface area contributed by atoms with Crippen molar-refractivity contribution < 1.29 is 31.5 Å². The summed E-state index contributed by atoms with van der Waals surface area (Å²) in [6.07, 6.45) is -4.52. The van der Waals surface area contributed by atoms with Gasteiger partial charge >= 0.3 is 0 Å². The molecule has 3 aromatic rings. The maximum absolute atomic E-state index is 13.4. The van der Waals surface area contributed by atoms with E-state index in [1.54, 1.807) is 18.2 Å². The van der Waals surface area contributed by atoms with Crippen molar-refractivity contribution in [2.75, 3.05) is 12.0 Å². The van der Waals surface area contributed by atoms with Gasteiger partial charge in [0.15, 0.2) is 5.11 Å². The van der Waals surface area contributed by atoms with E-state index in [4.69, 9.17) is 17.0 Å². The van der Waals surface area contributed by atoms with Gasteiger partial charge in [0, 0.05) is 5.56 Å². The van der Waals surface area contributed by atoms with Gasteiger partial charge in [-0.25, -0.2) is 22.0 Å². The van der Waals surface area contributed by atoms with Crippen LogP contribution in [0.2, 0.25) is 0 Å². The van der Waals surface area contributed by atoms with Gasteiger partial charge in [0.05, 0.1) is 19.3 Å². The highest BCUT2D eigenvalue weighted by Gasteiger charge is 2.32. The van der Waals surface area contributed by atoms with Crippen LogP contribution >= 0.6 is 12.2 Å². The SMILES string of the molecule is COc1ccc(/C=C2/NC(=S)N(c3ccc(F)cc3)C2=O)cc1Cn1nc(C(F)F)cc1C(F)F. The van der Waals surface area contributed by atoms with Gasteiger partial charge in [-0.1, -0.05) is 6.07 Å². The van der Waals surface area contributed by atoms with Crippen LogP contribution in [0.1, 0.15) is 35.4 Å². The number of ether oxygens (including phenoxy) is 1. The Bertz CT molecular complexity index is 1310. The van der Waals surface area contributed by atoms with Crippen LogP contribution in [0, 0.1) is 5.82 Å². The largest absolute Gasteiger partial charge is 0.496 e. The summed E-state index contributed by atoms with van der Waals surface area (Å²) in [4.78, 5) is 14.1. The molecule has 1 saturated heterocycles. The first-order chi connectivity index (χ1) is 16.7. The zero-order valence-corrected chi connectivity index (χ0v) is 18.8. The summed E-state index contributed by atoms with van der Waals surface area (Å²) in [6, 6.07) is 10.6. The first-order valence-corrected chi connectivity index (χ1v) is 10.5. The van der Waals surface area contributed by atoms with Crippen molar-refractivity contribution in [3.63, 3.8) is 0 Å². The van der Waals surface area contributed by atoms with Gasteiger partial charge in [0.25, 0.3) is 18.8 Å². The molecule has 0 unspecified atom stereocenters. The second-order valence-corrected chi connectivity index (χ2v) is 7.82. The van der Waals surface area contributed by atoms with Gasteiger partial charge in [-0.05, 0) is 66.3 Å². The number of carbonyl (C=O) groups is 1. The summed E-state index contributed by atoms with van der Waals surface area (Å²) in [6.45, 7) is -0.270. The Morgan fingerprint density at radius 2 is 1.80 bits per heavy atom. The summed E-state index contributed by atoms with van der Waals surface area (Å²) in [5, 5.41) is 6.50. The fourth-order valence-corrected chi connectivity index (χ4v) is 3.86. The number of hydrogen-bond acceptors (Lipinski definition) is 4. The van der Waals surface area contributed by atoms with E-state index in [-0.39, 0.29) is 17.4 Å². The molecular weight excluding hydrogens is 491 g/mol. The van der Waals surface area contributed by atoms with Gasteiger partial charge in [-0.15, -0.1) is 0 Å². The van der Waals surface area contributed by atoms with E-state index in [0.29, 0.717) is 28.6 Å². The standard InChI is InChI=1S/C23H17F5N4O2S/c1-34-19-7-2-12(8-13(19)11-31-18(21(27)28)10-16(30-31)20(25)26)9-17-22(33)32(23(35)29-17)15-5-3-14(24)4-6-15/h2-10,20-21H,11H2,1H3,(H,29,35)/b17-9+. The molecule has 1 N–H and O–H groups in total. The molecule has 0 aliphatic carbocycles. The van der Waals surface area contributed by atoms with E-state index in [9.17, 15) is 26.7 Å². The fourth-order valence-electron chi connectivity index (χ4n) is 3.56. The minimum Gasteiger partial charge on any atom is -0.496 e.